The first-order chi connectivity index (χ1) is 16.1. The third kappa shape index (κ3) is 6.35. The molecule has 4 rings (SSSR count). The Bertz CT molecular complexity index is 1050. The van der Waals surface area contributed by atoms with Gasteiger partial charge in [0.25, 0.3) is 0 Å². The average Bonchev–Trinajstić information content (AvgIpc) is 3.31. The number of benzene rings is 2. The van der Waals surface area contributed by atoms with Crippen LogP contribution < -0.4 is 10.2 Å². The molecule has 0 atom stereocenters. The number of halogens is 2. The number of piperazine rings is 1. The van der Waals surface area contributed by atoms with E-state index in [1.54, 1.807) is 18.2 Å². The first kappa shape index (κ1) is 22.8. The van der Waals surface area contributed by atoms with Crippen LogP contribution in [0.1, 0.15) is 18.7 Å². The normalized spacial score (nSPS) is 14.4. The second kappa shape index (κ2) is 11.0. The van der Waals surface area contributed by atoms with Crippen LogP contribution in [0.5, 0.6) is 0 Å². The molecule has 33 heavy (non-hydrogen) atoms. The largest absolute Gasteiger partial charge is 0.369 e. The lowest BCUT2D eigenvalue weighted by Crippen LogP contribution is -2.47. The number of carbonyl (C=O) groups is 1. The summed E-state index contributed by atoms with van der Waals surface area (Å²) in [7, 11) is 0. The van der Waals surface area contributed by atoms with Crippen LogP contribution in [0.3, 0.4) is 0 Å². The lowest BCUT2D eigenvalue weighted by atomic mass is 10.2. The van der Waals surface area contributed by atoms with Crippen LogP contribution >= 0.6 is 0 Å². The monoisotopic (exact) mass is 455 g/mol. The number of aromatic nitrogens is 2. The SMILES string of the molecule is O=C(CCc1nc(-c2ccccc2F)no1)NCCCN1CCN(c2ccc(F)cc2)CC1. The van der Waals surface area contributed by atoms with Crippen LogP contribution in [0.2, 0.25) is 0 Å². The summed E-state index contributed by atoms with van der Waals surface area (Å²) in [4.78, 5) is 20.9. The molecule has 2 heterocycles. The highest BCUT2D eigenvalue weighted by molar-refractivity contribution is 5.76. The highest BCUT2D eigenvalue weighted by Crippen LogP contribution is 2.19. The zero-order valence-corrected chi connectivity index (χ0v) is 18.3. The lowest BCUT2D eigenvalue weighted by molar-refractivity contribution is -0.121. The van der Waals surface area contributed by atoms with Crippen molar-refractivity contribution in [3.05, 3.63) is 66.1 Å². The van der Waals surface area contributed by atoms with Crippen molar-refractivity contribution in [3.63, 3.8) is 0 Å². The minimum Gasteiger partial charge on any atom is -0.369 e. The van der Waals surface area contributed by atoms with E-state index in [1.165, 1.54) is 18.2 Å². The molecular weight excluding hydrogens is 428 g/mol. The zero-order chi connectivity index (χ0) is 23.0. The maximum atomic E-state index is 13.8. The van der Waals surface area contributed by atoms with Crippen LogP contribution in [-0.4, -0.2) is 60.2 Å². The van der Waals surface area contributed by atoms with Crippen molar-refractivity contribution in [2.45, 2.75) is 19.3 Å². The molecule has 0 unspecified atom stereocenters. The molecule has 0 bridgehead atoms. The summed E-state index contributed by atoms with van der Waals surface area (Å²) in [6, 6.07) is 12.8. The van der Waals surface area contributed by atoms with Crippen molar-refractivity contribution in [2.75, 3.05) is 44.2 Å². The van der Waals surface area contributed by atoms with Gasteiger partial charge in [-0.1, -0.05) is 17.3 Å². The number of aryl methyl sites for hydroxylation is 1. The van der Waals surface area contributed by atoms with Gasteiger partial charge in [-0.25, -0.2) is 8.78 Å². The Labute approximate surface area is 191 Å². The molecule has 174 valence electrons. The molecule has 9 heteroatoms. The van der Waals surface area contributed by atoms with E-state index in [9.17, 15) is 13.6 Å². The predicted molar refractivity (Wildman–Crippen MR) is 121 cm³/mol. The molecular formula is C24H27F2N5O2. The summed E-state index contributed by atoms with van der Waals surface area (Å²) >= 11 is 0. The molecule has 1 aliphatic heterocycles. The summed E-state index contributed by atoms with van der Waals surface area (Å²) in [5.41, 5.74) is 1.32. The first-order valence-electron chi connectivity index (χ1n) is 11.2. The van der Waals surface area contributed by atoms with Crippen molar-refractivity contribution >= 4 is 11.6 Å². The third-order valence-electron chi connectivity index (χ3n) is 5.69. The number of hydrogen-bond donors (Lipinski definition) is 1. The van der Waals surface area contributed by atoms with Gasteiger partial charge in [-0.2, -0.15) is 4.98 Å². The molecule has 0 aliphatic carbocycles. The molecule has 1 saturated heterocycles. The van der Waals surface area contributed by atoms with Crippen molar-refractivity contribution in [3.8, 4) is 11.4 Å². The van der Waals surface area contributed by atoms with E-state index in [0.29, 0.717) is 18.9 Å². The van der Waals surface area contributed by atoms with Gasteiger partial charge in [0.15, 0.2) is 0 Å². The van der Waals surface area contributed by atoms with Crippen molar-refractivity contribution < 1.29 is 18.1 Å². The first-order valence-corrected chi connectivity index (χ1v) is 11.2. The molecule has 2 aromatic carbocycles. The Hall–Kier alpha value is -3.33. The van der Waals surface area contributed by atoms with E-state index < -0.39 is 5.82 Å². The molecule has 7 nitrogen and oxygen atoms in total. The predicted octanol–water partition coefficient (Wildman–Crippen LogP) is 3.28. The third-order valence-corrected chi connectivity index (χ3v) is 5.69. The molecule has 3 aromatic rings. The number of nitrogens with one attached hydrogen (secondary N) is 1. The molecule has 0 radical (unpaired) electrons. The van der Waals surface area contributed by atoms with Crippen LogP contribution in [0.4, 0.5) is 14.5 Å². The van der Waals surface area contributed by atoms with E-state index in [4.69, 9.17) is 4.52 Å². The van der Waals surface area contributed by atoms with E-state index in [-0.39, 0.29) is 29.5 Å². The highest BCUT2D eigenvalue weighted by atomic mass is 19.1. The molecule has 1 aliphatic rings. The average molecular weight is 456 g/mol. The van der Waals surface area contributed by atoms with E-state index >= 15 is 0 Å². The molecule has 0 spiro atoms. The summed E-state index contributed by atoms with van der Waals surface area (Å²) < 4.78 is 32.0. The van der Waals surface area contributed by atoms with Crippen LogP contribution in [-0.2, 0) is 11.2 Å². The molecule has 0 saturated carbocycles. The van der Waals surface area contributed by atoms with E-state index in [0.717, 1.165) is 44.8 Å². The smallest absolute Gasteiger partial charge is 0.227 e. The van der Waals surface area contributed by atoms with Gasteiger partial charge >= 0.3 is 0 Å². The summed E-state index contributed by atoms with van der Waals surface area (Å²) in [6.45, 7) is 5.18. The highest BCUT2D eigenvalue weighted by Gasteiger charge is 2.17. The Morgan fingerprint density at radius 2 is 1.79 bits per heavy atom. The van der Waals surface area contributed by atoms with Gasteiger partial charge in [0.05, 0.1) is 5.56 Å². The number of anilines is 1. The maximum Gasteiger partial charge on any atom is 0.227 e. The molecule has 1 aromatic heterocycles. The summed E-state index contributed by atoms with van der Waals surface area (Å²) in [5, 5.41) is 6.72. The number of rotatable bonds is 9. The lowest BCUT2D eigenvalue weighted by Gasteiger charge is -2.36. The van der Waals surface area contributed by atoms with Gasteiger partial charge in [0.2, 0.25) is 17.6 Å². The number of carbonyl (C=O) groups excluding carboxylic acids is 1. The standard InChI is InChI=1S/C24H27F2N5O2/c25-18-6-8-19(9-7-18)31-16-14-30(15-17-31)13-3-12-27-22(32)10-11-23-28-24(29-33-23)20-4-1-2-5-21(20)26/h1-2,4-9H,3,10-17H2,(H,27,32). The Morgan fingerprint density at radius 1 is 1.03 bits per heavy atom. The van der Waals surface area contributed by atoms with Gasteiger partial charge in [0.1, 0.15) is 11.6 Å². The molecule has 1 fully saturated rings. The van der Waals surface area contributed by atoms with Gasteiger partial charge in [-0.05, 0) is 49.4 Å². The molecule has 1 N–H and O–H groups in total. The van der Waals surface area contributed by atoms with Crippen molar-refractivity contribution in [2.24, 2.45) is 0 Å². The van der Waals surface area contributed by atoms with Gasteiger partial charge in [-0.15, -0.1) is 0 Å². The second-order valence-corrected chi connectivity index (χ2v) is 8.00. The van der Waals surface area contributed by atoms with Crippen LogP contribution in [0.15, 0.2) is 53.1 Å². The fourth-order valence-electron chi connectivity index (χ4n) is 3.83. The van der Waals surface area contributed by atoms with Gasteiger partial charge in [0, 0.05) is 51.3 Å². The fourth-order valence-corrected chi connectivity index (χ4v) is 3.83. The Balaban J connectivity index is 1.11. The fraction of sp³-hybridized carbons (Fsp3) is 0.375. The van der Waals surface area contributed by atoms with Crippen molar-refractivity contribution in [1.29, 1.82) is 0 Å². The minimum absolute atomic E-state index is 0.0817. The summed E-state index contributed by atoms with van der Waals surface area (Å²) in [6.07, 6.45) is 1.40. The molecule has 1 amide bonds. The zero-order valence-electron chi connectivity index (χ0n) is 18.3. The Kier molecular flexibility index (Phi) is 7.62. The topological polar surface area (TPSA) is 74.5 Å². The number of hydrogen-bond acceptors (Lipinski definition) is 6. The van der Waals surface area contributed by atoms with Gasteiger partial charge < -0.3 is 14.7 Å². The maximum absolute atomic E-state index is 13.8. The second-order valence-electron chi connectivity index (χ2n) is 8.00. The summed E-state index contributed by atoms with van der Waals surface area (Å²) in [5.74, 6) is -0.226. The minimum atomic E-state index is -0.417. The quantitative estimate of drug-likeness (QED) is 0.499. The Morgan fingerprint density at radius 3 is 2.55 bits per heavy atom. The van der Waals surface area contributed by atoms with Crippen LogP contribution in [0, 0.1) is 11.6 Å². The number of nitrogens with zero attached hydrogens (tertiary/aromatic N) is 4. The number of amides is 1. The van der Waals surface area contributed by atoms with Gasteiger partial charge in [-0.3, -0.25) is 9.69 Å². The van der Waals surface area contributed by atoms with Crippen LogP contribution in [0.25, 0.3) is 11.4 Å². The van der Waals surface area contributed by atoms with E-state index in [1.807, 2.05) is 12.1 Å². The van der Waals surface area contributed by atoms with Crippen molar-refractivity contribution in [1.82, 2.24) is 20.4 Å². The van der Waals surface area contributed by atoms with E-state index in [2.05, 4.69) is 25.3 Å².